The third-order valence-electron chi connectivity index (χ3n) is 2.74. The number of rotatable bonds is 3. The van der Waals surface area contributed by atoms with Gasteiger partial charge in [-0.05, 0) is 29.8 Å². The molecule has 4 N–H and O–H groups in total. The van der Waals surface area contributed by atoms with Gasteiger partial charge in [-0.15, -0.1) is 0 Å². The molecule has 0 aromatic heterocycles. The molecule has 0 spiro atoms. The second kappa shape index (κ2) is 5.32. The van der Waals surface area contributed by atoms with Crippen molar-refractivity contribution in [1.82, 2.24) is 0 Å². The van der Waals surface area contributed by atoms with E-state index in [1.807, 2.05) is 0 Å². The van der Waals surface area contributed by atoms with Crippen molar-refractivity contribution in [3.05, 3.63) is 42.2 Å². The molecule has 0 saturated heterocycles. The summed E-state index contributed by atoms with van der Waals surface area (Å²) in [6.45, 7) is 0. The van der Waals surface area contributed by atoms with E-state index < -0.39 is 47.1 Å². The first-order valence-corrected chi connectivity index (χ1v) is 8.62. The molecule has 10 heteroatoms. The van der Waals surface area contributed by atoms with E-state index in [1.54, 1.807) is 0 Å². The van der Waals surface area contributed by atoms with Gasteiger partial charge in [-0.1, -0.05) is 6.07 Å². The van der Waals surface area contributed by atoms with Crippen molar-refractivity contribution >= 4 is 20.1 Å². The molecule has 0 aliphatic carbocycles. The smallest absolute Gasteiger partial charge is 0.295 e. The van der Waals surface area contributed by atoms with E-state index in [0.29, 0.717) is 0 Å². The van der Waals surface area contributed by atoms with E-state index in [0.717, 1.165) is 36.4 Å². The van der Waals surface area contributed by atoms with Crippen LogP contribution in [-0.2, 0) is 20.1 Å². The van der Waals surface area contributed by atoms with Gasteiger partial charge in [0.05, 0.1) is 4.90 Å². The first-order valence-electron chi connectivity index (χ1n) is 5.63. The Kier molecular flexibility index (Phi) is 3.96. The molecule has 0 heterocycles. The van der Waals surface area contributed by atoms with Gasteiger partial charge < -0.3 is 5.11 Å². The third kappa shape index (κ3) is 3.25. The number of nitrogens with two attached hydrogens (primary N) is 1. The van der Waals surface area contributed by atoms with E-state index in [4.69, 9.17) is 5.14 Å². The topological polar surface area (TPSA) is 135 Å². The number of hydrogen-bond donors (Lipinski definition) is 3. The van der Waals surface area contributed by atoms with E-state index in [-0.39, 0.29) is 5.56 Å². The molecule has 0 saturated carbocycles. The van der Waals surface area contributed by atoms with Crippen molar-refractivity contribution in [3.8, 4) is 16.9 Å². The Morgan fingerprint density at radius 2 is 1.59 bits per heavy atom. The monoisotopic (exact) mass is 347 g/mol. The molecule has 0 aliphatic heterocycles. The van der Waals surface area contributed by atoms with Gasteiger partial charge >= 0.3 is 0 Å². The molecule has 0 atom stereocenters. The molecule has 118 valence electrons. The van der Waals surface area contributed by atoms with Crippen molar-refractivity contribution in [2.24, 2.45) is 5.14 Å². The minimum absolute atomic E-state index is 0.269. The van der Waals surface area contributed by atoms with Crippen LogP contribution in [0.2, 0.25) is 0 Å². The highest BCUT2D eigenvalue weighted by Crippen LogP contribution is 2.35. The predicted molar refractivity (Wildman–Crippen MR) is 74.7 cm³/mol. The lowest BCUT2D eigenvalue weighted by molar-refractivity contribution is 0.469. The van der Waals surface area contributed by atoms with Crippen molar-refractivity contribution in [3.63, 3.8) is 0 Å². The number of phenols is 1. The summed E-state index contributed by atoms with van der Waals surface area (Å²) in [5, 5.41) is 14.4. The van der Waals surface area contributed by atoms with Crippen LogP contribution < -0.4 is 5.14 Å². The molecule has 7 nitrogen and oxygen atoms in total. The molecule has 0 aliphatic rings. The van der Waals surface area contributed by atoms with E-state index in [9.17, 15) is 30.9 Å². The summed E-state index contributed by atoms with van der Waals surface area (Å²) in [7, 11) is -9.18. The number of phenolic OH excluding ortho intramolecular Hbond substituents is 1. The Bertz CT molecular complexity index is 883. The summed E-state index contributed by atoms with van der Waals surface area (Å²) in [5.41, 5.74) is -0.794. The van der Waals surface area contributed by atoms with Gasteiger partial charge in [-0.25, -0.2) is 17.9 Å². The highest BCUT2D eigenvalue weighted by atomic mass is 32.2. The number of sulfonamides is 1. The molecular weight excluding hydrogens is 337 g/mol. The SMILES string of the molecule is NS(=O)(=O)c1cccc(S(=O)(=O)O)c1-c1cc(O)cc(F)c1. The van der Waals surface area contributed by atoms with E-state index in [1.165, 1.54) is 0 Å². The summed E-state index contributed by atoms with van der Waals surface area (Å²) >= 11 is 0. The maximum absolute atomic E-state index is 13.4. The number of halogens is 1. The molecule has 2 rings (SSSR count). The van der Waals surface area contributed by atoms with Gasteiger partial charge in [0, 0.05) is 11.6 Å². The van der Waals surface area contributed by atoms with Crippen molar-refractivity contribution in [2.75, 3.05) is 0 Å². The summed E-state index contributed by atoms with van der Waals surface area (Å²) in [6.07, 6.45) is 0. The maximum Gasteiger partial charge on any atom is 0.295 e. The Morgan fingerprint density at radius 3 is 2.09 bits per heavy atom. The molecule has 0 radical (unpaired) electrons. The van der Waals surface area contributed by atoms with Gasteiger partial charge in [0.1, 0.15) is 16.5 Å². The third-order valence-corrected chi connectivity index (χ3v) is 4.59. The minimum Gasteiger partial charge on any atom is -0.508 e. The highest BCUT2D eigenvalue weighted by Gasteiger charge is 2.25. The molecule has 0 unspecified atom stereocenters. The van der Waals surface area contributed by atoms with Crippen LogP contribution in [-0.4, -0.2) is 26.5 Å². The number of primary sulfonamides is 1. The van der Waals surface area contributed by atoms with Crippen molar-refractivity contribution in [2.45, 2.75) is 9.79 Å². The van der Waals surface area contributed by atoms with E-state index in [2.05, 4.69) is 0 Å². The molecule has 0 fully saturated rings. The van der Waals surface area contributed by atoms with Crippen LogP contribution in [0.25, 0.3) is 11.1 Å². The zero-order valence-electron chi connectivity index (χ0n) is 10.8. The second-order valence-electron chi connectivity index (χ2n) is 4.35. The maximum atomic E-state index is 13.4. The fraction of sp³-hybridized carbons (Fsp3) is 0. The zero-order valence-corrected chi connectivity index (χ0v) is 12.4. The number of aromatic hydroxyl groups is 1. The standard InChI is InChI=1S/C12H10FNO6S2/c13-8-4-7(5-9(15)6-8)12-10(21(14,16)17)2-1-3-11(12)22(18,19)20/h1-6,15H,(H2,14,16,17)(H,18,19,20). The van der Waals surface area contributed by atoms with Crippen LogP contribution in [0.4, 0.5) is 4.39 Å². The Balaban J connectivity index is 2.99. The molecule has 0 bridgehead atoms. The normalized spacial score (nSPS) is 12.3. The molecular formula is C12H10FNO6S2. The van der Waals surface area contributed by atoms with Crippen LogP contribution in [0, 0.1) is 5.82 Å². The van der Waals surface area contributed by atoms with Gasteiger partial charge in [-0.2, -0.15) is 8.42 Å². The van der Waals surface area contributed by atoms with Gasteiger partial charge in [-0.3, -0.25) is 4.55 Å². The fourth-order valence-corrected chi connectivity index (χ4v) is 3.55. The predicted octanol–water partition coefficient (Wildman–Crippen LogP) is 1.09. The Labute approximate surface area is 125 Å². The Morgan fingerprint density at radius 1 is 1.00 bits per heavy atom. The summed E-state index contributed by atoms with van der Waals surface area (Å²) in [6, 6.07) is 5.49. The summed E-state index contributed by atoms with van der Waals surface area (Å²) < 4.78 is 68.8. The molecule has 2 aromatic rings. The van der Waals surface area contributed by atoms with Gasteiger partial charge in [0.2, 0.25) is 10.0 Å². The number of hydrogen-bond acceptors (Lipinski definition) is 5. The lowest BCUT2D eigenvalue weighted by Gasteiger charge is -2.12. The quantitative estimate of drug-likeness (QED) is 0.711. The van der Waals surface area contributed by atoms with Crippen molar-refractivity contribution in [1.29, 1.82) is 0 Å². The average molecular weight is 347 g/mol. The Hall–Kier alpha value is -2.01. The highest BCUT2D eigenvalue weighted by molar-refractivity contribution is 7.89. The van der Waals surface area contributed by atoms with E-state index >= 15 is 0 Å². The fourth-order valence-electron chi connectivity index (χ4n) is 1.97. The van der Waals surface area contributed by atoms with Gasteiger partial charge in [0.25, 0.3) is 10.1 Å². The first kappa shape index (κ1) is 16.4. The van der Waals surface area contributed by atoms with Crippen LogP contribution in [0.1, 0.15) is 0 Å². The largest absolute Gasteiger partial charge is 0.508 e. The lowest BCUT2D eigenvalue weighted by Crippen LogP contribution is -2.15. The summed E-state index contributed by atoms with van der Waals surface area (Å²) in [5.74, 6) is -1.49. The molecule has 22 heavy (non-hydrogen) atoms. The van der Waals surface area contributed by atoms with Crippen LogP contribution in [0.3, 0.4) is 0 Å². The van der Waals surface area contributed by atoms with Crippen LogP contribution in [0.15, 0.2) is 46.2 Å². The van der Waals surface area contributed by atoms with Crippen LogP contribution in [0.5, 0.6) is 5.75 Å². The second-order valence-corrected chi connectivity index (χ2v) is 7.27. The number of benzene rings is 2. The first-order chi connectivity index (χ1) is 10.00. The summed E-state index contributed by atoms with van der Waals surface area (Å²) in [4.78, 5) is -1.41. The average Bonchev–Trinajstić information content (AvgIpc) is 2.34. The van der Waals surface area contributed by atoms with Crippen LogP contribution >= 0.6 is 0 Å². The minimum atomic E-state index is -4.81. The lowest BCUT2D eigenvalue weighted by atomic mass is 10.1. The van der Waals surface area contributed by atoms with Crippen molar-refractivity contribution < 1.29 is 30.9 Å². The molecule has 2 aromatic carbocycles. The zero-order chi connectivity index (χ0) is 16.7. The molecule has 0 amide bonds. The van der Waals surface area contributed by atoms with Gasteiger partial charge in [0.15, 0.2) is 0 Å².